The molecule has 0 aromatic heterocycles. The first kappa shape index (κ1) is 34.7. The molecule has 0 fully saturated rings. The maximum absolute atomic E-state index is 12.6. The van der Waals surface area contributed by atoms with Crippen LogP contribution in [-0.2, 0) is 0 Å². The predicted molar refractivity (Wildman–Crippen MR) is 179 cm³/mol. The second-order valence-corrected chi connectivity index (χ2v) is 11.4. The lowest BCUT2D eigenvalue weighted by molar-refractivity contribution is 0.0734. The van der Waals surface area contributed by atoms with Crippen LogP contribution < -0.4 is 19.5 Å². The summed E-state index contributed by atoms with van der Waals surface area (Å²) in [5.41, 5.74) is 1.57. The quantitative estimate of drug-likeness (QED) is 0.0704. The van der Waals surface area contributed by atoms with Gasteiger partial charge < -0.3 is 19.5 Å². The molecule has 0 radical (unpaired) electrons. The molecule has 0 spiro atoms. The number of carbonyl (C=O) groups is 2. The van der Waals surface area contributed by atoms with E-state index in [1.807, 2.05) is 24.3 Å². The summed E-state index contributed by atoms with van der Waals surface area (Å²) in [6, 6.07) is 20.8. The summed E-state index contributed by atoms with van der Waals surface area (Å²) in [5, 5.41) is 2.87. The molecule has 238 valence electrons. The number of hydrogen-bond donors (Lipinski definition) is 1. The molecule has 6 heteroatoms. The van der Waals surface area contributed by atoms with Crippen molar-refractivity contribution in [3.63, 3.8) is 0 Å². The topological polar surface area (TPSA) is 73.9 Å². The van der Waals surface area contributed by atoms with Gasteiger partial charge in [0.15, 0.2) is 0 Å². The van der Waals surface area contributed by atoms with Crippen molar-refractivity contribution in [1.29, 1.82) is 0 Å². The number of hydrogen-bond acceptors (Lipinski definition) is 5. The zero-order valence-corrected chi connectivity index (χ0v) is 26.8. The highest BCUT2D eigenvalue weighted by atomic mass is 16.5. The summed E-state index contributed by atoms with van der Waals surface area (Å²) in [4.78, 5) is 25.3. The Balaban J connectivity index is 1.30. The lowest BCUT2D eigenvalue weighted by Crippen LogP contribution is -2.12. The van der Waals surface area contributed by atoms with Crippen molar-refractivity contribution in [2.45, 2.75) is 104 Å². The summed E-state index contributed by atoms with van der Waals surface area (Å²) in [7, 11) is 0. The SMILES string of the molecule is CCCCCCCCCCCCCCOc1ccc(C(=O)Oc2ccc(C(=O)Nc3ccc(OCCCC)cc3)cc2)cc1. The van der Waals surface area contributed by atoms with E-state index >= 15 is 0 Å². The Kier molecular flexibility index (Phi) is 16.5. The van der Waals surface area contributed by atoms with Crippen molar-refractivity contribution in [2.75, 3.05) is 18.5 Å². The van der Waals surface area contributed by atoms with Gasteiger partial charge in [-0.2, -0.15) is 0 Å². The molecule has 0 atom stereocenters. The number of benzene rings is 3. The van der Waals surface area contributed by atoms with E-state index in [1.165, 1.54) is 70.6 Å². The van der Waals surface area contributed by atoms with E-state index in [1.54, 1.807) is 48.5 Å². The number of carbonyl (C=O) groups excluding carboxylic acids is 2. The molecule has 6 nitrogen and oxygen atoms in total. The predicted octanol–water partition coefficient (Wildman–Crippen LogP) is 10.4. The fourth-order valence-corrected chi connectivity index (χ4v) is 4.83. The van der Waals surface area contributed by atoms with E-state index in [9.17, 15) is 9.59 Å². The summed E-state index contributed by atoms with van der Waals surface area (Å²) in [5.74, 6) is 1.18. The Morgan fingerprint density at radius 1 is 0.500 bits per heavy atom. The Bertz CT molecular complexity index is 1210. The first-order valence-electron chi connectivity index (χ1n) is 16.7. The fraction of sp³-hybridized carbons (Fsp3) is 0.474. The van der Waals surface area contributed by atoms with Gasteiger partial charge in [0, 0.05) is 11.3 Å². The van der Waals surface area contributed by atoms with Crippen LogP contribution in [0.15, 0.2) is 72.8 Å². The Morgan fingerprint density at radius 3 is 1.48 bits per heavy atom. The fourth-order valence-electron chi connectivity index (χ4n) is 4.83. The number of ether oxygens (including phenoxy) is 3. The molecule has 44 heavy (non-hydrogen) atoms. The third-order valence-corrected chi connectivity index (χ3v) is 7.56. The van der Waals surface area contributed by atoms with Crippen LogP contribution in [0, 0.1) is 0 Å². The summed E-state index contributed by atoms with van der Waals surface area (Å²) in [6.45, 7) is 5.74. The lowest BCUT2D eigenvalue weighted by atomic mass is 10.1. The van der Waals surface area contributed by atoms with Crippen LogP contribution in [0.25, 0.3) is 0 Å². The molecule has 3 aromatic carbocycles. The van der Waals surface area contributed by atoms with Crippen molar-refractivity contribution in [2.24, 2.45) is 0 Å². The van der Waals surface area contributed by atoms with Gasteiger partial charge in [-0.05, 0) is 85.6 Å². The van der Waals surface area contributed by atoms with Crippen molar-refractivity contribution in [1.82, 2.24) is 0 Å². The van der Waals surface area contributed by atoms with Crippen molar-refractivity contribution >= 4 is 17.6 Å². The van der Waals surface area contributed by atoms with Gasteiger partial charge in [0.2, 0.25) is 0 Å². The molecule has 0 aliphatic heterocycles. The minimum Gasteiger partial charge on any atom is -0.494 e. The normalized spacial score (nSPS) is 10.8. The largest absolute Gasteiger partial charge is 0.494 e. The molecular formula is C38H51NO5. The van der Waals surface area contributed by atoms with Crippen LogP contribution in [-0.4, -0.2) is 25.1 Å². The third-order valence-electron chi connectivity index (χ3n) is 7.56. The number of amides is 1. The molecule has 0 aliphatic rings. The van der Waals surface area contributed by atoms with Gasteiger partial charge >= 0.3 is 5.97 Å². The van der Waals surface area contributed by atoms with Gasteiger partial charge in [0.05, 0.1) is 18.8 Å². The minimum absolute atomic E-state index is 0.249. The second-order valence-electron chi connectivity index (χ2n) is 11.4. The molecular weight excluding hydrogens is 550 g/mol. The zero-order chi connectivity index (χ0) is 31.2. The smallest absolute Gasteiger partial charge is 0.343 e. The first-order valence-corrected chi connectivity index (χ1v) is 16.7. The van der Waals surface area contributed by atoms with Gasteiger partial charge in [-0.15, -0.1) is 0 Å². The van der Waals surface area contributed by atoms with Gasteiger partial charge in [-0.3, -0.25) is 4.79 Å². The van der Waals surface area contributed by atoms with E-state index in [-0.39, 0.29) is 5.91 Å². The van der Waals surface area contributed by atoms with Gasteiger partial charge in [-0.25, -0.2) is 4.79 Å². The number of nitrogens with one attached hydrogen (secondary N) is 1. The number of anilines is 1. The van der Waals surface area contributed by atoms with Crippen molar-refractivity contribution in [3.8, 4) is 17.2 Å². The van der Waals surface area contributed by atoms with E-state index in [4.69, 9.17) is 14.2 Å². The molecule has 0 saturated carbocycles. The molecule has 3 aromatic rings. The standard InChI is InChI=1S/C38H51NO5/c1-3-5-7-8-9-10-11-12-13-14-15-16-30-43-34-23-19-32(20-24-34)38(41)44-36-25-17-31(18-26-36)37(40)39-33-21-27-35(28-22-33)42-29-6-4-2/h17-28H,3-16,29-30H2,1-2H3,(H,39,40). The third kappa shape index (κ3) is 13.7. The highest BCUT2D eigenvalue weighted by molar-refractivity contribution is 6.04. The summed E-state index contributed by atoms with van der Waals surface area (Å²) < 4.78 is 17.0. The average molecular weight is 602 g/mol. The number of esters is 1. The molecule has 1 N–H and O–H groups in total. The highest BCUT2D eigenvalue weighted by Crippen LogP contribution is 2.20. The lowest BCUT2D eigenvalue weighted by Gasteiger charge is -2.09. The number of unbranched alkanes of at least 4 members (excludes halogenated alkanes) is 12. The Labute approximate surface area is 264 Å². The van der Waals surface area contributed by atoms with Gasteiger partial charge in [0.1, 0.15) is 17.2 Å². The van der Waals surface area contributed by atoms with E-state index in [0.29, 0.717) is 35.8 Å². The van der Waals surface area contributed by atoms with E-state index in [2.05, 4.69) is 19.2 Å². The molecule has 3 rings (SSSR count). The van der Waals surface area contributed by atoms with Crippen LogP contribution in [0.2, 0.25) is 0 Å². The van der Waals surface area contributed by atoms with Crippen LogP contribution in [0.1, 0.15) is 124 Å². The van der Waals surface area contributed by atoms with Crippen LogP contribution in [0.5, 0.6) is 17.2 Å². The van der Waals surface area contributed by atoms with Crippen molar-refractivity contribution in [3.05, 3.63) is 83.9 Å². The second kappa shape index (κ2) is 21.0. The summed E-state index contributed by atoms with van der Waals surface area (Å²) >= 11 is 0. The Hall–Kier alpha value is -3.80. The first-order chi connectivity index (χ1) is 21.6. The molecule has 0 heterocycles. The molecule has 0 saturated heterocycles. The molecule has 0 aliphatic carbocycles. The highest BCUT2D eigenvalue weighted by Gasteiger charge is 2.11. The van der Waals surface area contributed by atoms with Crippen LogP contribution >= 0.6 is 0 Å². The van der Waals surface area contributed by atoms with Crippen LogP contribution in [0.4, 0.5) is 5.69 Å². The minimum atomic E-state index is -0.462. The zero-order valence-electron chi connectivity index (χ0n) is 26.8. The molecule has 0 unspecified atom stereocenters. The molecule has 1 amide bonds. The van der Waals surface area contributed by atoms with Crippen molar-refractivity contribution < 1.29 is 23.8 Å². The Morgan fingerprint density at radius 2 is 0.932 bits per heavy atom. The van der Waals surface area contributed by atoms with Gasteiger partial charge in [0.25, 0.3) is 5.91 Å². The maximum Gasteiger partial charge on any atom is 0.343 e. The monoisotopic (exact) mass is 601 g/mol. The summed E-state index contributed by atoms with van der Waals surface area (Å²) in [6.07, 6.45) is 17.9. The van der Waals surface area contributed by atoms with E-state index < -0.39 is 5.97 Å². The van der Waals surface area contributed by atoms with Crippen LogP contribution in [0.3, 0.4) is 0 Å². The van der Waals surface area contributed by atoms with Gasteiger partial charge in [-0.1, -0.05) is 90.9 Å². The van der Waals surface area contributed by atoms with E-state index in [0.717, 1.165) is 30.8 Å². The average Bonchev–Trinajstić information content (AvgIpc) is 3.05. The maximum atomic E-state index is 12.6. The molecule has 0 bridgehead atoms. The number of rotatable bonds is 22.